The Balaban J connectivity index is 2.23. The standard InChI is InChI=1S/C14H17NO4/c1-9(10-7-5-4-6-8-10)15-11(14(17)19-3)12(18-2)13(15)16/h4-9,11-12H,1-3H3/t9?,11-,12-/m0/s1. The fourth-order valence-corrected chi connectivity index (χ4v) is 2.39. The Kier molecular flexibility index (Phi) is 3.85. The molecular formula is C14H17NO4. The lowest BCUT2D eigenvalue weighted by molar-refractivity contribution is -0.188. The Hall–Kier alpha value is -1.88. The van der Waals surface area contributed by atoms with E-state index in [1.807, 2.05) is 37.3 Å². The average molecular weight is 263 g/mol. The summed E-state index contributed by atoms with van der Waals surface area (Å²) < 4.78 is 9.80. The van der Waals surface area contributed by atoms with Gasteiger partial charge in [-0.3, -0.25) is 4.79 Å². The summed E-state index contributed by atoms with van der Waals surface area (Å²) in [5, 5.41) is 0. The zero-order chi connectivity index (χ0) is 14.0. The third kappa shape index (κ3) is 2.21. The van der Waals surface area contributed by atoms with Crippen LogP contribution in [0.5, 0.6) is 0 Å². The van der Waals surface area contributed by atoms with E-state index in [4.69, 9.17) is 9.47 Å². The maximum atomic E-state index is 12.0. The summed E-state index contributed by atoms with van der Waals surface area (Å²) in [6, 6.07) is 8.69. The Morgan fingerprint density at radius 2 is 1.89 bits per heavy atom. The molecule has 1 saturated heterocycles. The second kappa shape index (κ2) is 5.40. The molecule has 0 saturated carbocycles. The van der Waals surface area contributed by atoms with Crippen LogP contribution in [-0.2, 0) is 19.1 Å². The molecule has 5 nitrogen and oxygen atoms in total. The number of ether oxygens (including phenoxy) is 2. The number of hydrogen-bond acceptors (Lipinski definition) is 4. The van der Waals surface area contributed by atoms with Crippen LogP contribution in [0, 0.1) is 0 Å². The first-order valence-electron chi connectivity index (χ1n) is 6.09. The van der Waals surface area contributed by atoms with Crippen LogP contribution in [0.1, 0.15) is 18.5 Å². The van der Waals surface area contributed by atoms with E-state index in [2.05, 4.69) is 0 Å². The van der Waals surface area contributed by atoms with Gasteiger partial charge >= 0.3 is 5.97 Å². The highest BCUT2D eigenvalue weighted by Crippen LogP contribution is 2.33. The molecule has 0 radical (unpaired) electrons. The molecule has 0 N–H and O–H groups in total. The number of amides is 1. The summed E-state index contributed by atoms with van der Waals surface area (Å²) in [7, 11) is 2.73. The molecule has 1 unspecified atom stereocenters. The van der Waals surface area contributed by atoms with Crippen LogP contribution in [-0.4, -0.2) is 43.1 Å². The number of nitrogens with zero attached hydrogens (tertiary/aromatic N) is 1. The lowest BCUT2D eigenvalue weighted by atomic mass is 9.92. The molecular weight excluding hydrogens is 246 g/mol. The molecule has 3 atom stereocenters. The number of carbonyl (C=O) groups is 2. The zero-order valence-corrected chi connectivity index (χ0v) is 11.2. The van der Waals surface area contributed by atoms with Crippen molar-refractivity contribution in [2.75, 3.05) is 14.2 Å². The van der Waals surface area contributed by atoms with Crippen molar-refractivity contribution in [3.8, 4) is 0 Å². The lowest BCUT2D eigenvalue weighted by Crippen LogP contribution is -2.69. The smallest absolute Gasteiger partial charge is 0.331 e. The number of rotatable bonds is 4. The van der Waals surface area contributed by atoms with Crippen molar-refractivity contribution in [1.29, 1.82) is 0 Å². The summed E-state index contributed by atoms with van der Waals surface area (Å²) in [5.41, 5.74) is 0.972. The Morgan fingerprint density at radius 3 is 2.42 bits per heavy atom. The van der Waals surface area contributed by atoms with Gasteiger partial charge < -0.3 is 14.4 Å². The molecule has 0 aliphatic carbocycles. The second-order valence-electron chi connectivity index (χ2n) is 4.46. The van der Waals surface area contributed by atoms with E-state index in [0.29, 0.717) is 0 Å². The molecule has 1 amide bonds. The van der Waals surface area contributed by atoms with Crippen molar-refractivity contribution in [1.82, 2.24) is 4.90 Å². The molecule has 1 aromatic carbocycles. The van der Waals surface area contributed by atoms with Gasteiger partial charge in [-0.1, -0.05) is 30.3 Å². The van der Waals surface area contributed by atoms with Crippen molar-refractivity contribution in [3.63, 3.8) is 0 Å². The van der Waals surface area contributed by atoms with Gasteiger partial charge in [-0.15, -0.1) is 0 Å². The van der Waals surface area contributed by atoms with E-state index in [-0.39, 0.29) is 11.9 Å². The highest BCUT2D eigenvalue weighted by Gasteiger charge is 2.54. The normalized spacial score (nSPS) is 23.7. The summed E-state index contributed by atoms with van der Waals surface area (Å²) in [4.78, 5) is 25.3. The van der Waals surface area contributed by atoms with Crippen molar-refractivity contribution >= 4 is 11.9 Å². The molecule has 1 fully saturated rings. The van der Waals surface area contributed by atoms with Gasteiger partial charge in [-0.25, -0.2) is 4.79 Å². The molecule has 1 heterocycles. The fraction of sp³-hybridized carbons (Fsp3) is 0.429. The van der Waals surface area contributed by atoms with E-state index in [1.165, 1.54) is 19.1 Å². The van der Waals surface area contributed by atoms with E-state index >= 15 is 0 Å². The number of carbonyl (C=O) groups excluding carboxylic acids is 2. The van der Waals surface area contributed by atoms with Gasteiger partial charge in [0.2, 0.25) is 0 Å². The molecule has 0 bridgehead atoms. The molecule has 1 aliphatic heterocycles. The number of β-lactam (4-membered cyclic amide) rings is 1. The quantitative estimate of drug-likeness (QED) is 0.604. The number of esters is 1. The van der Waals surface area contributed by atoms with Crippen LogP contribution in [0.2, 0.25) is 0 Å². The summed E-state index contributed by atoms with van der Waals surface area (Å²) in [6.07, 6.45) is -0.737. The van der Waals surface area contributed by atoms with Crippen molar-refractivity contribution in [2.45, 2.75) is 25.1 Å². The first-order valence-corrected chi connectivity index (χ1v) is 6.09. The maximum absolute atomic E-state index is 12.0. The van der Waals surface area contributed by atoms with Crippen molar-refractivity contribution < 1.29 is 19.1 Å². The molecule has 1 aliphatic rings. The highest BCUT2D eigenvalue weighted by molar-refractivity contribution is 5.99. The largest absolute Gasteiger partial charge is 0.467 e. The minimum absolute atomic E-state index is 0.186. The molecule has 0 spiro atoms. The minimum Gasteiger partial charge on any atom is -0.467 e. The Labute approximate surface area is 112 Å². The SMILES string of the molecule is COC(=O)[C@@H]1[C@H](OC)C(=O)N1C(C)c1ccccc1. The zero-order valence-electron chi connectivity index (χ0n) is 11.2. The predicted octanol–water partition coefficient (Wildman–Crippen LogP) is 1.15. The van der Waals surface area contributed by atoms with Gasteiger partial charge in [0, 0.05) is 7.11 Å². The third-order valence-corrected chi connectivity index (χ3v) is 3.48. The van der Waals surface area contributed by atoms with Crippen LogP contribution in [0.4, 0.5) is 0 Å². The number of likely N-dealkylation sites (tertiary alicyclic amines) is 1. The van der Waals surface area contributed by atoms with Gasteiger partial charge in [0.15, 0.2) is 12.1 Å². The van der Waals surface area contributed by atoms with E-state index in [9.17, 15) is 9.59 Å². The monoisotopic (exact) mass is 263 g/mol. The van der Waals surface area contributed by atoms with Gasteiger partial charge in [0.05, 0.1) is 13.2 Å². The first kappa shape index (κ1) is 13.5. The summed E-state index contributed by atoms with van der Waals surface area (Å²) >= 11 is 0. The molecule has 1 aromatic rings. The third-order valence-electron chi connectivity index (χ3n) is 3.48. The first-order chi connectivity index (χ1) is 9.11. The van der Waals surface area contributed by atoms with Gasteiger partial charge in [0.25, 0.3) is 5.91 Å². The highest BCUT2D eigenvalue weighted by atomic mass is 16.5. The average Bonchev–Trinajstić information content (AvgIpc) is 2.45. The summed E-state index contributed by atoms with van der Waals surface area (Å²) in [5.74, 6) is -0.636. The van der Waals surface area contributed by atoms with Crippen molar-refractivity contribution in [3.05, 3.63) is 35.9 Å². The molecule has 5 heteroatoms. The predicted molar refractivity (Wildman–Crippen MR) is 68.3 cm³/mol. The number of hydrogen-bond donors (Lipinski definition) is 0. The van der Waals surface area contributed by atoms with Crippen LogP contribution in [0.3, 0.4) is 0 Å². The number of methoxy groups -OCH3 is 2. The molecule has 0 aromatic heterocycles. The summed E-state index contributed by atoms with van der Waals surface area (Å²) in [6.45, 7) is 1.88. The topological polar surface area (TPSA) is 55.8 Å². The lowest BCUT2D eigenvalue weighted by Gasteiger charge is -2.47. The number of benzene rings is 1. The minimum atomic E-state index is -0.737. The van der Waals surface area contributed by atoms with E-state index in [1.54, 1.807) is 0 Å². The maximum Gasteiger partial charge on any atom is 0.331 e. The van der Waals surface area contributed by atoms with Crippen molar-refractivity contribution in [2.24, 2.45) is 0 Å². The van der Waals surface area contributed by atoms with E-state index in [0.717, 1.165) is 5.56 Å². The Morgan fingerprint density at radius 1 is 1.26 bits per heavy atom. The second-order valence-corrected chi connectivity index (χ2v) is 4.46. The van der Waals surface area contributed by atoms with Crippen LogP contribution in [0.25, 0.3) is 0 Å². The molecule has 19 heavy (non-hydrogen) atoms. The fourth-order valence-electron chi connectivity index (χ4n) is 2.39. The Bertz CT molecular complexity index is 474. The van der Waals surface area contributed by atoms with Crippen LogP contribution >= 0.6 is 0 Å². The van der Waals surface area contributed by atoms with Gasteiger partial charge in [-0.2, -0.15) is 0 Å². The van der Waals surface area contributed by atoms with Gasteiger partial charge in [-0.05, 0) is 12.5 Å². The van der Waals surface area contributed by atoms with Crippen LogP contribution < -0.4 is 0 Å². The molecule has 2 rings (SSSR count). The molecule has 102 valence electrons. The van der Waals surface area contributed by atoms with E-state index < -0.39 is 18.1 Å². The van der Waals surface area contributed by atoms with Gasteiger partial charge in [0.1, 0.15) is 0 Å². The van der Waals surface area contributed by atoms with Crippen LogP contribution in [0.15, 0.2) is 30.3 Å².